The Bertz CT molecular complexity index is 363. The summed E-state index contributed by atoms with van der Waals surface area (Å²) < 4.78 is 6.24. The Morgan fingerprint density at radius 2 is 2.27 bits per heavy atom. The number of halogens is 1. The normalized spacial score (nSPS) is 12.2. The Kier molecular flexibility index (Phi) is 4.15. The van der Waals surface area contributed by atoms with E-state index in [1.165, 1.54) is 0 Å². The van der Waals surface area contributed by atoms with Gasteiger partial charge < -0.3 is 9.84 Å². The van der Waals surface area contributed by atoms with Gasteiger partial charge in [0.15, 0.2) is 0 Å². The highest BCUT2D eigenvalue weighted by molar-refractivity contribution is 9.10. The summed E-state index contributed by atoms with van der Waals surface area (Å²) in [6, 6.07) is 4.98. The molecule has 0 bridgehead atoms. The number of hydrogen-bond acceptors (Lipinski definition) is 2. The van der Waals surface area contributed by atoms with Gasteiger partial charge >= 0.3 is 5.97 Å². The van der Waals surface area contributed by atoms with Crippen molar-refractivity contribution < 1.29 is 14.6 Å². The summed E-state index contributed by atoms with van der Waals surface area (Å²) in [5.41, 5.74) is 0.185. The van der Waals surface area contributed by atoms with Gasteiger partial charge in [-0.1, -0.05) is 22.9 Å². The Hall–Kier alpha value is -1.03. The first-order valence-electron chi connectivity index (χ1n) is 4.74. The predicted octanol–water partition coefficient (Wildman–Crippen LogP) is 3.32. The second-order valence-corrected chi connectivity index (χ2v) is 4.20. The zero-order chi connectivity index (χ0) is 11.4. The molecule has 0 radical (unpaired) electrons. The average Bonchev–Trinajstić information content (AvgIpc) is 2.20. The lowest BCUT2D eigenvalue weighted by atomic mass is 10.2. The second kappa shape index (κ2) is 5.16. The van der Waals surface area contributed by atoms with E-state index in [4.69, 9.17) is 9.84 Å². The molecule has 0 spiro atoms. The van der Waals surface area contributed by atoms with Crippen molar-refractivity contribution in [3.63, 3.8) is 0 Å². The zero-order valence-corrected chi connectivity index (χ0v) is 10.2. The van der Waals surface area contributed by atoms with E-state index in [-0.39, 0.29) is 11.7 Å². The maximum absolute atomic E-state index is 10.9. The van der Waals surface area contributed by atoms with Crippen molar-refractivity contribution in [3.8, 4) is 5.75 Å². The van der Waals surface area contributed by atoms with Gasteiger partial charge in [-0.05, 0) is 31.5 Å². The average molecular weight is 273 g/mol. The first-order chi connectivity index (χ1) is 7.04. The number of carboxylic acid groups (broad SMARTS) is 1. The minimum Gasteiger partial charge on any atom is -0.490 e. The predicted molar refractivity (Wildman–Crippen MR) is 61.5 cm³/mol. The summed E-state index contributed by atoms with van der Waals surface area (Å²) in [7, 11) is 0. The molecule has 15 heavy (non-hydrogen) atoms. The zero-order valence-electron chi connectivity index (χ0n) is 8.66. The number of carboxylic acids is 1. The molecule has 0 fully saturated rings. The summed E-state index contributed by atoms with van der Waals surface area (Å²) >= 11 is 3.23. The summed E-state index contributed by atoms with van der Waals surface area (Å²) in [6.07, 6.45) is 0.860. The molecule has 3 nitrogen and oxygen atoms in total. The SMILES string of the molecule is CCC(C)Oc1ccc(Br)cc1C(=O)O. The Balaban J connectivity index is 3.01. The first-order valence-corrected chi connectivity index (χ1v) is 5.53. The smallest absolute Gasteiger partial charge is 0.339 e. The molecule has 82 valence electrons. The minimum atomic E-state index is -0.977. The highest BCUT2D eigenvalue weighted by Crippen LogP contribution is 2.24. The Labute approximate surface area is 97.2 Å². The van der Waals surface area contributed by atoms with Crippen LogP contribution in [0.3, 0.4) is 0 Å². The third-order valence-electron chi connectivity index (χ3n) is 2.08. The van der Waals surface area contributed by atoms with Crippen LogP contribution in [0.2, 0.25) is 0 Å². The number of hydrogen-bond donors (Lipinski definition) is 1. The Morgan fingerprint density at radius 1 is 1.60 bits per heavy atom. The number of aromatic carboxylic acids is 1. The molecule has 1 aromatic carbocycles. The van der Waals surface area contributed by atoms with Crippen LogP contribution in [-0.2, 0) is 0 Å². The molecule has 0 aliphatic carbocycles. The molecule has 1 rings (SSSR count). The van der Waals surface area contributed by atoms with E-state index in [0.717, 1.165) is 10.9 Å². The molecule has 0 aliphatic heterocycles. The van der Waals surface area contributed by atoms with Crippen LogP contribution < -0.4 is 4.74 Å². The molecular weight excluding hydrogens is 260 g/mol. The van der Waals surface area contributed by atoms with Crippen LogP contribution >= 0.6 is 15.9 Å². The quantitative estimate of drug-likeness (QED) is 0.915. The van der Waals surface area contributed by atoms with Crippen LogP contribution in [-0.4, -0.2) is 17.2 Å². The summed E-state index contributed by atoms with van der Waals surface area (Å²) in [5, 5.41) is 8.97. The van der Waals surface area contributed by atoms with Crippen molar-refractivity contribution >= 4 is 21.9 Å². The third-order valence-corrected chi connectivity index (χ3v) is 2.57. The number of ether oxygens (including phenoxy) is 1. The van der Waals surface area contributed by atoms with Gasteiger partial charge in [-0.2, -0.15) is 0 Å². The fourth-order valence-electron chi connectivity index (χ4n) is 1.07. The van der Waals surface area contributed by atoms with Gasteiger partial charge in [-0.25, -0.2) is 4.79 Å². The van der Waals surface area contributed by atoms with E-state index in [9.17, 15) is 4.79 Å². The van der Waals surface area contributed by atoms with E-state index in [1.807, 2.05) is 13.8 Å². The highest BCUT2D eigenvalue weighted by Gasteiger charge is 2.13. The van der Waals surface area contributed by atoms with Gasteiger partial charge in [0.2, 0.25) is 0 Å². The maximum Gasteiger partial charge on any atom is 0.339 e. The summed E-state index contributed by atoms with van der Waals surface area (Å²) in [5.74, 6) is -0.561. The molecule has 0 heterocycles. The van der Waals surface area contributed by atoms with Crippen molar-refractivity contribution in [1.29, 1.82) is 0 Å². The van der Waals surface area contributed by atoms with Gasteiger partial charge in [-0.3, -0.25) is 0 Å². The van der Waals surface area contributed by atoms with Crippen LogP contribution in [0.1, 0.15) is 30.6 Å². The van der Waals surface area contributed by atoms with Gasteiger partial charge in [0.25, 0.3) is 0 Å². The molecule has 1 atom stereocenters. The van der Waals surface area contributed by atoms with E-state index in [1.54, 1.807) is 18.2 Å². The van der Waals surface area contributed by atoms with E-state index in [0.29, 0.717) is 5.75 Å². The molecule has 0 aromatic heterocycles. The van der Waals surface area contributed by atoms with E-state index < -0.39 is 5.97 Å². The van der Waals surface area contributed by atoms with Crippen LogP contribution in [0.5, 0.6) is 5.75 Å². The molecule has 0 amide bonds. The lowest BCUT2D eigenvalue weighted by Crippen LogP contribution is -2.12. The van der Waals surface area contributed by atoms with Crippen molar-refractivity contribution in [3.05, 3.63) is 28.2 Å². The highest BCUT2D eigenvalue weighted by atomic mass is 79.9. The maximum atomic E-state index is 10.9. The number of rotatable bonds is 4. The van der Waals surface area contributed by atoms with Crippen LogP contribution in [0.4, 0.5) is 0 Å². The molecular formula is C11H13BrO3. The lowest BCUT2D eigenvalue weighted by Gasteiger charge is -2.14. The summed E-state index contributed by atoms with van der Waals surface area (Å²) in [4.78, 5) is 10.9. The van der Waals surface area contributed by atoms with E-state index in [2.05, 4.69) is 15.9 Å². The fraction of sp³-hybridized carbons (Fsp3) is 0.364. The standard InChI is InChI=1S/C11H13BrO3/c1-3-7(2)15-10-5-4-8(12)6-9(10)11(13)14/h4-7H,3H2,1-2H3,(H,13,14). The first kappa shape index (κ1) is 12.0. The number of carbonyl (C=O) groups is 1. The molecule has 1 N–H and O–H groups in total. The molecule has 4 heteroatoms. The van der Waals surface area contributed by atoms with Crippen molar-refractivity contribution in [2.75, 3.05) is 0 Å². The molecule has 0 aliphatic rings. The fourth-order valence-corrected chi connectivity index (χ4v) is 1.43. The van der Waals surface area contributed by atoms with E-state index >= 15 is 0 Å². The molecule has 0 saturated carbocycles. The van der Waals surface area contributed by atoms with Gasteiger partial charge in [0, 0.05) is 4.47 Å². The summed E-state index contributed by atoms with van der Waals surface area (Å²) in [6.45, 7) is 3.90. The lowest BCUT2D eigenvalue weighted by molar-refractivity contribution is 0.0689. The van der Waals surface area contributed by atoms with Crippen molar-refractivity contribution in [1.82, 2.24) is 0 Å². The monoisotopic (exact) mass is 272 g/mol. The van der Waals surface area contributed by atoms with Crippen LogP contribution in [0, 0.1) is 0 Å². The Morgan fingerprint density at radius 3 is 2.80 bits per heavy atom. The minimum absolute atomic E-state index is 0.0178. The molecule has 1 aromatic rings. The largest absolute Gasteiger partial charge is 0.490 e. The number of benzene rings is 1. The van der Waals surface area contributed by atoms with Crippen molar-refractivity contribution in [2.45, 2.75) is 26.4 Å². The third kappa shape index (κ3) is 3.23. The van der Waals surface area contributed by atoms with Crippen molar-refractivity contribution in [2.24, 2.45) is 0 Å². The second-order valence-electron chi connectivity index (χ2n) is 3.28. The molecule has 1 unspecified atom stereocenters. The van der Waals surface area contributed by atoms with Crippen LogP contribution in [0.15, 0.2) is 22.7 Å². The van der Waals surface area contributed by atoms with Crippen LogP contribution in [0.25, 0.3) is 0 Å². The molecule has 0 saturated heterocycles. The van der Waals surface area contributed by atoms with Gasteiger partial charge in [0.05, 0.1) is 6.10 Å². The topological polar surface area (TPSA) is 46.5 Å². The van der Waals surface area contributed by atoms with Gasteiger partial charge in [-0.15, -0.1) is 0 Å². The van der Waals surface area contributed by atoms with Gasteiger partial charge in [0.1, 0.15) is 11.3 Å².